The molecule has 0 saturated carbocycles. The lowest BCUT2D eigenvalue weighted by Gasteiger charge is -2.22. The summed E-state index contributed by atoms with van der Waals surface area (Å²) in [5.74, 6) is 4.65. The molecule has 0 amide bonds. The standard InChI is InChI=1S/C23H36N6O3.HI/c1-6-32-11-7-9-24-23(25-15-22-27-26-17(2)28(22)3)29-10-8-18(16-29)19-12-20(30-4)14-21(13-19)31-5;/h12-14,18H,6-11,15-16H2,1-5H3,(H,24,25);1H. The van der Waals surface area contributed by atoms with Crippen LogP contribution in [0.3, 0.4) is 0 Å². The van der Waals surface area contributed by atoms with Crippen LogP contribution in [0, 0.1) is 6.92 Å². The molecule has 3 rings (SSSR count). The lowest BCUT2D eigenvalue weighted by Crippen LogP contribution is -2.40. The van der Waals surface area contributed by atoms with Gasteiger partial charge in [0.25, 0.3) is 0 Å². The van der Waals surface area contributed by atoms with E-state index >= 15 is 0 Å². The van der Waals surface area contributed by atoms with E-state index in [0.29, 0.717) is 12.5 Å². The molecule has 2 heterocycles. The predicted octanol–water partition coefficient (Wildman–Crippen LogP) is 3.12. The van der Waals surface area contributed by atoms with Crippen molar-refractivity contribution >= 4 is 29.9 Å². The molecule has 1 saturated heterocycles. The van der Waals surface area contributed by atoms with Crippen molar-refractivity contribution in [3.63, 3.8) is 0 Å². The fourth-order valence-corrected chi connectivity index (χ4v) is 3.81. The van der Waals surface area contributed by atoms with Gasteiger partial charge in [-0.3, -0.25) is 0 Å². The first-order chi connectivity index (χ1) is 15.5. The van der Waals surface area contributed by atoms with Crippen LogP contribution in [0.1, 0.15) is 42.9 Å². The van der Waals surface area contributed by atoms with E-state index in [4.69, 9.17) is 19.2 Å². The Morgan fingerprint density at radius 3 is 2.52 bits per heavy atom. The first-order valence-corrected chi connectivity index (χ1v) is 11.2. The predicted molar refractivity (Wildman–Crippen MR) is 140 cm³/mol. The molecule has 0 bridgehead atoms. The molecule has 33 heavy (non-hydrogen) atoms. The third-order valence-electron chi connectivity index (χ3n) is 5.84. The molecule has 0 spiro atoms. The Hall–Kier alpha value is -2.08. The topological polar surface area (TPSA) is 86.0 Å². The maximum Gasteiger partial charge on any atom is 0.194 e. The maximum absolute atomic E-state index is 5.47. The second kappa shape index (κ2) is 13.6. The Balaban J connectivity index is 0.00000385. The van der Waals surface area contributed by atoms with E-state index < -0.39 is 0 Å². The monoisotopic (exact) mass is 572 g/mol. The Morgan fingerprint density at radius 2 is 1.91 bits per heavy atom. The third-order valence-corrected chi connectivity index (χ3v) is 5.84. The normalized spacial score (nSPS) is 16.0. The van der Waals surface area contributed by atoms with Crippen molar-refractivity contribution < 1.29 is 14.2 Å². The Kier molecular flexibility index (Phi) is 11.2. The van der Waals surface area contributed by atoms with Crippen molar-refractivity contribution in [1.29, 1.82) is 0 Å². The number of likely N-dealkylation sites (tertiary alicyclic amines) is 1. The second-order valence-corrected chi connectivity index (χ2v) is 7.92. The van der Waals surface area contributed by atoms with Crippen LogP contribution < -0.4 is 14.8 Å². The number of aliphatic imine (C=N–C) groups is 1. The Morgan fingerprint density at radius 1 is 1.18 bits per heavy atom. The summed E-state index contributed by atoms with van der Waals surface area (Å²) in [7, 11) is 5.34. The Bertz CT molecular complexity index is 882. The summed E-state index contributed by atoms with van der Waals surface area (Å²) in [5, 5.41) is 11.9. The number of hydrogen-bond acceptors (Lipinski definition) is 6. The highest BCUT2D eigenvalue weighted by molar-refractivity contribution is 14.0. The molecule has 0 aliphatic carbocycles. The van der Waals surface area contributed by atoms with Gasteiger partial charge >= 0.3 is 0 Å². The second-order valence-electron chi connectivity index (χ2n) is 7.92. The SMILES string of the molecule is CCOCCCNC(=NCc1nnc(C)n1C)N1CCC(c2cc(OC)cc(OC)c2)C1.I. The molecule has 2 aromatic rings. The van der Waals surface area contributed by atoms with Crippen LogP contribution in [0.5, 0.6) is 11.5 Å². The molecule has 1 atom stereocenters. The molecule has 1 unspecified atom stereocenters. The number of aryl methyl sites for hydroxylation is 1. The number of rotatable bonds is 10. The number of guanidine groups is 1. The van der Waals surface area contributed by atoms with Crippen LogP contribution in [0.25, 0.3) is 0 Å². The molecule has 0 radical (unpaired) electrons. The van der Waals surface area contributed by atoms with Gasteiger partial charge in [-0.15, -0.1) is 34.2 Å². The molecule has 1 aromatic carbocycles. The van der Waals surface area contributed by atoms with E-state index in [1.54, 1.807) is 14.2 Å². The van der Waals surface area contributed by atoms with Crippen LogP contribution in [0.2, 0.25) is 0 Å². The molecule has 1 aliphatic heterocycles. The van der Waals surface area contributed by atoms with Crippen molar-refractivity contribution in [3.8, 4) is 11.5 Å². The fraction of sp³-hybridized carbons (Fsp3) is 0.609. The average Bonchev–Trinajstić information content (AvgIpc) is 3.43. The van der Waals surface area contributed by atoms with Crippen molar-refractivity contribution in [3.05, 3.63) is 35.4 Å². The minimum absolute atomic E-state index is 0. The van der Waals surface area contributed by atoms with Crippen molar-refractivity contribution in [2.24, 2.45) is 12.0 Å². The van der Waals surface area contributed by atoms with Crippen molar-refractivity contribution in [2.75, 3.05) is 47.1 Å². The lowest BCUT2D eigenvalue weighted by atomic mass is 9.98. The Labute approximate surface area is 213 Å². The number of ether oxygens (including phenoxy) is 3. The number of aromatic nitrogens is 3. The molecule has 1 aromatic heterocycles. The highest BCUT2D eigenvalue weighted by atomic mass is 127. The molecule has 1 aliphatic rings. The molecule has 1 fully saturated rings. The maximum atomic E-state index is 5.47. The van der Waals surface area contributed by atoms with E-state index in [-0.39, 0.29) is 24.0 Å². The van der Waals surface area contributed by atoms with Gasteiger partial charge in [0.1, 0.15) is 23.9 Å². The summed E-state index contributed by atoms with van der Waals surface area (Å²) in [4.78, 5) is 7.20. The molecular formula is C23H37IN6O3. The average molecular weight is 572 g/mol. The summed E-state index contributed by atoms with van der Waals surface area (Å²) >= 11 is 0. The molecular weight excluding hydrogens is 535 g/mol. The van der Waals surface area contributed by atoms with Gasteiger partial charge < -0.3 is 29.0 Å². The zero-order valence-electron chi connectivity index (χ0n) is 20.3. The van der Waals surface area contributed by atoms with Gasteiger partial charge in [-0.05, 0) is 44.4 Å². The zero-order valence-corrected chi connectivity index (χ0v) is 22.7. The largest absolute Gasteiger partial charge is 0.497 e. The number of benzene rings is 1. The van der Waals surface area contributed by atoms with Gasteiger partial charge in [-0.25, -0.2) is 4.99 Å². The van der Waals surface area contributed by atoms with Gasteiger partial charge in [0, 0.05) is 51.9 Å². The first-order valence-electron chi connectivity index (χ1n) is 11.2. The first kappa shape index (κ1) is 27.2. The number of nitrogens with zero attached hydrogens (tertiary/aromatic N) is 5. The van der Waals surface area contributed by atoms with E-state index in [9.17, 15) is 0 Å². The summed E-state index contributed by atoms with van der Waals surface area (Å²) in [5.41, 5.74) is 1.23. The van der Waals surface area contributed by atoms with Crippen molar-refractivity contribution in [1.82, 2.24) is 25.0 Å². The van der Waals surface area contributed by atoms with Crippen LogP contribution in [-0.2, 0) is 18.3 Å². The smallest absolute Gasteiger partial charge is 0.194 e. The zero-order chi connectivity index (χ0) is 22.9. The number of hydrogen-bond donors (Lipinski definition) is 1. The van der Waals surface area contributed by atoms with Gasteiger partial charge in [-0.1, -0.05) is 0 Å². The number of nitrogens with one attached hydrogen (secondary N) is 1. The number of methoxy groups -OCH3 is 2. The molecule has 10 heteroatoms. The van der Waals surface area contributed by atoms with Gasteiger partial charge in [-0.2, -0.15) is 0 Å². The van der Waals surface area contributed by atoms with E-state index in [0.717, 1.165) is 74.8 Å². The highest BCUT2D eigenvalue weighted by Gasteiger charge is 2.27. The highest BCUT2D eigenvalue weighted by Crippen LogP contribution is 2.33. The van der Waals surface area contributed by atoms with E-state index in [2.05, 4.69) is 32.5 Å². The van der Waals surface area contributed by atoms with E-state index in [1.807, 2.05) is 31.5 Å². The van der Waals surface area contributed by atoms with Gasteiger partial charge in [0.05, 0.1) is 14.2 Å². The molecule has 9 nitrogen and oxygen atoms in total. The van der Waals surface area contributed by atoms with Crippen LogP contribution in [0.4, 0.5) is 0 Å². The minimum atomic E-state index is 0. The molecule has 184 valence electrons. The van der Waals surface area contributed by atoms with Crippen molar-refractivity contribution in [2.45, 2.75) is 39.2 Å². The quantitative estimate of drug-likeness (QED) is 0.203. The van der Waals surface area contributed by atoms with Crippen LogP contribution in [-0.4, -0.2) is 72.7 Å². The van der Waals surface area contributed by atoms with Crippen LogP contribution >= 0.6 is 24.0 Å². The molecule has 1 N–H and O–H groups in total. The lowest BCUT2D eigenvalue weighted by molar-refractivity contribution is 0.145. The third kappa shape index (κ3) is 7.46. The summed E-state index contributed by atoms with van der Waals surface area (Å²) in [6.07, 6.45) is 1.97. The van der Waals surface area contributed by atoms with E-state index in [1.165, 1.54) is 5.56 Å². The summed E-state index contributed by atoms with van der Waals surface area (Å²) in [6, 6.07) is 6.11. The minimum Gasteiger partial charge on any atom is -0.497 e. The summed E-state index contributed by atoms with van der Waals surface area (Å²) < 4.78 is 18.4. The van der Waals surface area contributed by atoms with Crippen LogP contribution in [0.15, 0.2) is 23.2 Å². The summed E-state index contributed by atoms with van der Waals surface area (Å²) in [6.45, 7) is 8.55. The van der Waals surface area contributed by atoms with Gasteiger partial charge in [0.2, 0.25) is 0 Å². The number of halogens is 1. The van der Waals surface area contributed by atoms with Gasteiger partial charge in [0.15, 0.2) is 11.8 Å². The fourth-order valence-electron chi connectivity index (χ4n) is 3.81.